The normalized spacial score (nSPS) is 27.8. The molecule has 3 rings (SSSR count). The molecular weight excluding hydrogens is 198 g/mol. The minimum atomic E-state index is 0.0966. The van der Waals surface area contributed by atoms with Gasteiger partial charge in [-0.15, -0.1) is 0 Å². The number of rotatable bonds is 1. The Morgan fingerprint density at radius 3 is 3.06 bits per heavy atom. The number of aryl methyl sites for hydroxylation is 2. The lowest BCUT2D eigenvalue weighted by Gasteiger charge is -2.35. The van der Waals surface area contributed by atoms with Gasteiger partial charge >= 0.3 is 0 Å². The van der Waals surface area contributed by atoms with Crippen molar-refractivity contribution in [3.63, 3.8) is 0 Å². The molecule has 1 saturated heterocycles. The average molecular weight is 217 g/mol. The summed E-state index contributed by atoms with van der Waals surface area (Å²) in [4.78, 5) is 0. The maximum atomic E-state index is 6.26. The zero-order valence-corrected chi connectivity index (χ0v) is 9.88. The van der Waals surface area contributed by atoms with Crippen LogP contribution in [-0.2, 0) is 12.8 Å². The van der Waals surface area contributed by atoms with Gasteiger partial charge in [0.15, 0.2) is 0 Å². The molecule has 0 aliphatic carbocycles. The van der Waals surface area contributed by atoms with Crippen molar-refractivity contribution in [1.29, 1.82) is 0 Å². The summed E-state index contributed by atoms with van der Waals surface area (Å²) in [6, 6.07) is 6.70. The number of nitrogens with one attached hydrogen (secondary N) is 1. The van der Waals surface area contributed by atoms with Crippen molar-refractivity contribution in [2.45, 2.75) is 38.2 Å². The highest BCUT2D eigenvalue weighted by Gasteiger charge is 2.38. The van der Waals surface area contributed by atoms with Crippen LogP contribution in [0.5, 0.6) is 5.75 Å². The summed E-state index contributed by atoms with van der Waals surface area (Å²) in [6.45, 7) is 4.31. The van der Waals surface area contributed by atoms with Crippen molar-refractivity contribution in [3.05, 3.63) is 29.3 Å². The first kappa shape index (κ1) is 10.2. The molecule has 1 fully saturated rings. The Morgan fingerprint density at radius 1 is 1.38 bits per heavy atom. The van der Waals surface area contributed by atoms with Crippen molar-refractivity contribution in [2.24, 2.45) is 0 Å². The molecular formula is C14H19NO. The van der Waals surface area contributed by atoms with E-state index in [0.717, 1.165) is 31.7 Å². The molecule has 0 radical (unpaired) electrons. The van der Waals surface area contributed by atoms with E-state index in [9.17, 15) is 0 Å². The molecule has 1 aromatic carbocycles. The molecule has 0 amide bonds. The van der Waals surface area contributed by atoms with Crippen LogP contribution in [0.4, 0.5) is 0 Å². The Kier molecular flexibility index (Phi) is 2.40. The SMILES string of the molecule is CCc1ccc2c(c1)OC1(CCNC1)CC2. The fourth-order valence-corrected chi connectivity index (χ4v) is 2.79. The van der Waals surface area contributed by atoms with E-state index in [4.69, 9.17) is 4.74 Å². The summed E-state index contributed by atoms with van der Waals surface area (Å²) < 4.78 is 6.26. The molecule has 1 spiro atoms. The summed E-state index contributed by atoms with van der Waals surface area (Å²) in [5.41, 5.74) is 2.86. The van der Waals surface area contributed by atoms with Crippen molar-refractivity contribution < 1.29 is 4.74 Å². The van der Waals surface area contributed by atoms with Gasteiger partial charge in [0.25, 0.3) is 0 Å². The second-order valence-electron chi connectivity index (χ2n) is 5.01. The lowest BCUT2D eigenvalue weighted by molar-refractivity contribution is 0.0664. The summed E-state index contributed by atoms with van der Waals surface area (Å²) >= 11 is 0. The molecule has 1 unspecified atom stereocenters. The highest BCUT2D eigenvalue weighted by Crippen LogP contribution is 2.37. The van der Waals surface area contributed by atoms with Crippen LogP contribution in [0.25, 0.3) is 0 Å². The molecule has 16 heavy (non-hydrogen) atoms. The third-order valence-corrected chi connectivity index (χ3v) is 3.92. The third kappa shape index (κ3) is 1.61. The smallest absolute Gasteiger partial charge is 0.123 e. The van der Waals surface area contributed by atoms with Crippen molar-refractivity contribution in [3.8, 4) is 5.75 Å². The summed E-state index contributed by atoms with van der Waals surface area (Å²) in [6.07, 6.45) is 4.57. The molecule has 86 valence electrons. The van der Waals surface area contributed by atoms with Gasteiger partial charge in [-0.1, -0.05) is 19.1 Å². The average Bonchev–Trinajstić information content (AvgIpc) is 2.76. The molecule has 0 saturated carbocycles. The molecule has 1 atom stereocenters. The van der Waals surface area contributed by atoms with Gasteiger partial charge in [-0.2, -0.15) is 0 Å². The first-order valence-electron chi connectivity index (χ1n) is 6.33. The fraction of sp³-hybridized carbons (Fsp3) is 0.571. The third-order valence-electron chi connectivity index (χ3n) is 3.92. The molecule has 2 heteroatoms. The monoisotopic (exact) mass is 217 g/mol. The van der Waals surface area contributed by atoms with Gasteiger partial charge in [-0.05, 0) is 43.0 Å². The van der Waals surface area contributed by atoms with E-state index in [-0.39, 0.29) is 5.60 Å². The van der Waals surface area contributed by atoms with Gasteiger partial charge in [-0.25, -0.2) is 0 Å². The van der Waals surface area contributed by atoms with Crippen LogP contribution in [-0.4, -0.2) is 18.7 Å². The minimum absolute atomic E-state index is 0.0966. The topological polar surface area (TPSA) is 21.3 Å². The van der Waals surface area contributed by atoms with Gasteiger partial charge in [-0.3, -0.25) is 0 Å². The van der Waals surface area contributed by atoms with Gasteiger partial charge in [0, 0.05) is 13.0 Å². The minimum Gasteiger partial charge on any atom is -0.486 e. The first-order valence-corrected chi connectivity index (χ1v) is 6.33. The van der Waals surface area contributed by atoms with Crippen LogP contribution >= 0.6 is 0 Å². The van der Waals surface area contributed by atoms with Crippen molar-refractivity contribution in [1.82, 2.24) is 5.32 Å². The predicted molar refractivity (Wildman–Crippen MR) is 65.0 cm³/mol. The maximum Gasteiger partial charge on any atom is 0.123 e. The molecule has 1 aromatic rings. The van der Waals surface area contributed by atoms with Gasteiger partial charge in [0.1, 0.15) is 11.4 Å². The van der Waals surface area contributed by atoms with Crippen molar-refractivity contribution >= 4 is 0 Å². The quantitative estimate of drug-likeness (QED) is 0.779. The highest BCUT2D eigenvalue weighted by atomic mass is 16.5. The van der Waals surface area contributed by atoms with E-state index < -0.39 is 0 Å². The number of hydrogen-bond donors (Lipinski definition) is 1. The van der Waals surface area contributed by atoms with Crippen LogP contribution in [0.15, 0.2) is 18.2 Å². The maximum absolute atomic E-state index is 6.26. The van der Waals surface area contributed by atoms with Gasteiger partial charge in [0.2, 0.25) is 0 Å². The zero-order valence-electron chi connectivity index (χ0n) is 9.88. The van der Waals surface area contributed by atoms with Crippen LogP contribution in [0.3, 0.4) is 0 Å². The largest absolute Gasteiger partial charge is 0.486 e. The Labute approximate surface area is 97.0 Å². The van der Waals surface area contributed by atoms with E-state index in [1.54, 1.807) is 0 Å². The number of hydrogen-bond acceptors (Lipinski definition) is 2. The second kappa shape index (κ2) is 3.77. The van der Waals surface area contributed by atoms with Gasteiger partial charge < -0.3 is 10.1 Å². The fourth-order valence-electron chi connectivity index (χ4n) is 2.79. The second-order valence-corrected chi connectivity index (χ2v) is 5.01. The van der Waals surface area contributed by atoms with E-state index in [2.05, 4.69) is 30.4 Å². The van der Waals surface area contributed by atoms with Crippen LogP contribution in [0, 0.1) is 0 Å². The Morgan fingerprint density at radius 2 is 2.31 bits per heavy atom. The highest BCUT2D eigenvalue weighted by molar-refractivity contribution is 5.40. The summed E-state index contributed by atoms with van der Waals surface area (Å²) in [5, 5.41) is 3.42. The molecule has 0 bridgehead atoms. The number of ether oxygens (including phenoxy) is 1. The Balaban J connectivity index is 1.91. The lowest BCUT2D eigenvalue weighted by atomic mass is 9.90. The zero-order chi connectivity index (χ0) is 11.0. The van der Waals surface area contributed by atoms with Gasteiger partial charge in [0.05, 0.1) is 0 Å². The molecule has 2 heterocycles. The molecule has 0 aromatic heterocycles. The van der Waals surface area contributed by atoms with E-state index in [1.165, 1.54) is 24.0 Å². The predicted octanol–water partition coefficient (Wildman–Crippen LogP) is 2.31. The van der Waals surface area contributed by atoms with E-state index in [0.29, 0.717) is 0 Å². The molecule has 2 aliphatic rings. The molecule has 2 aliphatic heterocycles. The lowest BCUT2D eigenvalue weighted by Crippen LogP contribution is -2.41. The summed E-state index contributed by atoms with van der Waals surface area (Å²) in [7, 11) is 0. The van der Waals surface area contributed by atoms with Crippen molar-refractivity contribution in [2.75, 3.05) is 13.1 Å². The summed E-state index contributed by atoms with van der Waals surface area (Å²) in [5.74, 6) is 1.13. The van der Waals surface area contributed by atoms with Crippen LogP contribution in [0.2, 0.25) is 0 Å². The Bertz CT molecular complexity index is 394. The Hall–Kier alpha value is -1.02. The van der Waals surface area contributed by atoms with Crippen LogP contribution in [0.1, 0.15) is 30.9 Å². The standard InChI is InChI=1S/C14H19NO/c1-2-11-3-4-12-5-6-14(7-8-15-10-14)16-13(12)9-11/h3-4,9,15H,2,5-8,10H2,1H3. The van der Waals surface area contributed by atoms with Crippen LogP contribution < -0.4 is 10.1 Å². The first-order chi connectivity index (χ1) is 7.81. The van der Waals surface area contributed by atoms with E-state index in [1.807, 2.05) is 0 Å². The molecule has 2 nitrogen and oxygen atoms in total. The number of fused-ring (bicyclic) bond motifs is 1. The van der Waals surface area contributed by atoms with E-state index >= 15 is 0 Å². The number of benzene rings is 1. The molecule has 1 N–H and O–H groups in total.